The Morgan fingerprint density at radius 3 is 2.80 bits per heavy atom. The molecule has 0 atom stereocenters. The van der Waals surface area contributed by atoms with Crippen LogP contribution in [0.5, 0.6) is 0 Å². The van der Waals surface area contributed by atoms with Gasteiger partial charge in [-0.05, 0) is 19.6 Å². The molecule has 0 aliphatic rings. The Bertz CT molecular complexity index is 308. The van der Waals surface area contributed by atoms with Gasteiger partial charge in [-0.2, -0.15) is 9.97 Å². The van der Waals surface area contributed by atoms with Gasteiger partial charge in [-0.15, -0.1) is 0 Å². The molecule has 5 nitrogen and oxygen atoms in total. The molecule has 0 amide bonds. The first-order valence-electron chi connectivity index (χ1n) is 4.88. The molecule has 0 spiro atoms. The second kappa shape index (κ2) is 6.58. The number of thioether (sulfide) groups is 1. The fraction of sp³-hybridized carbons (Fsp3) is 0.667. The Morgan fingerprint density at radius 1 is 1.33 bits per heavy atom. The summed E-state index contributed by atoms with van der Waals surface area (Å²) in [6, 6.07) is 0. The lowest BCUT2D eigenvalue weighted by molar-refractivity contribution is 0.145. The van der Waals surface area contributed by atoms with E-state index < -0.39 is 0 Å². The van der Waals surface area contributed by atoms with Gasteiger partial charge in [-0.25, -0.2) is 4.98 Å². The van der Waals surface area contributed by atoms with Gasteiger partial charge in [0.15, 0.2) is 5.16 Å². The van der Waals surface area contributed by atoms with Gasteiger partial charge in [0.25, 0.3) is 0 Å². The largest absolute Gasteiger partial charge is 0.382 e. The molecule has 0 bridgehead atoms. The summed E-state index contributed by atoms with van der Waals surface area (Å²) in [7, 11) is 0. The van der Waals surface area contributed by atoms with Gasteiger partial charge in [-0.1, -0.05) is 11.8 Å². The molecule has 6 heteroatoms. The highest BCUT2D eigenvalue weighted by atomic mass is 32.2. The number of aromatic nitrogens is 3. The summed E-state index contributed by atoms with van der Waals surface area (Å²) in [5.41, 5.74) is 5.56. The summed E-state index contributed by atoms with van der Waals surface area (Å²) in [5.74, 6) is 1.03. The third-order valence-electron chi connectivity index (χ3n) is 1.75. The van der Waals surface area contributed by atoms with E-state index >= 15 is 0 Å². The number of hydrogen-bond acceptors (Lipinski definition) is 6. The van der Waals surface area contributed by atoms with Crippen LogP contribution < -0.4 is 5.73 Å². The van der Waals surface area contributed by atoms with Crippen LogP contribution in [0.3, 0.4) is 0 Å². The van der Waals surface area contributed by atoms with E-state index in [1.807, 2.05) is 13.2 Å². The molecule has 1 aromatic heterocycles. The summed E-state index contributed by atoms with van der Waals surface area (Å²) < 4.78 is 5.23. The molecule has 0 aromatic carbocycles. The maximum atomic E-state index is 5.56. The van der Waals surface area contributed by atoms with Crippen LogP contribution in [-0.2, 0) is 11.2 Å². The first-order chi connectivity index (χ1) is 7.26. The quantitative estimate of drug-likeness (QED) is 0.581. The number of ether oxygens (including phenoxy) is 1. The molecule has 15 heavy (non-hydrogen) atoms. The van der Waals surface area contributed by atoms with Gasteiger partial charge in [0.05, 0.1) is 0 Å². The van der Waals surface area contributed by atoms with Gasteiger partial charge >= 0.3 is 0 Å². The molecule has 0 aliphatic carbocycles. The number of hydrogen-bond donors (Lipinski definition) is 1. The second-order valence-electron chi connectivity index (χ2n) is 2.90. The molecule has 1 rings (SSSR count). The number of aryl methyl sites for hydroxylation is 1. The SMILES string of the molecule is CCOCCCc1nc(N)nc(SC)n1. The van der Waals surface area contributed by atoms with Crippen LogP contribution in [-0.4, -0.2) is 34.4 Å². The minimum absolute atomic E-state index is 0.292. The summed E-state index contributed by atoms with van der Waals surface area (Å²) in [6.07, 6.45) is 3.60. The van der Waals surface area contributed by atoms with E-state index in [2.05, 4.69) is 15.0 Å². The van der Waals surface area contributed by atoms with E-state index in [0.717, 1.165) is 31.9 Å². The van der Waals surface area contributed by atoms with Crippen molar-refractivity contribution in [2.75, 3.05) is 25.2 Å². The van der Waals surface area contributed by atoms with Crippen molar-refractivity contribution < 1.29 is 4.74 Å². The Balaban J connectivity index is 2.49. The minimum Gasteiger partial charge on any atom is -0.382 e. The van der Waals surface area contributed by atoms with Crippen molar-refractivity contribution >= 4 is 17.7 Å². The zero-order valence-electron chi connectivity index (χ0n) is 9.06. The highest BCUT2D eigenvalue weighted by Crippen LogP contribution is 2.10. The third kappa shape index (κ3) is 4.44. The van der Waals surface area contributed by atoms with Crippen molar-refractivity contribution in [1.82, 2.24) is 15.0 Å². The molecule has 0 unspecified atom stereocenters. The van der Waals surface area contributed by atoms with Crippen LogP contribution in [0.2, 0.25) is 0 Å². The predicted octanol–water partition coefficient (Wildman–Crippen LogP) is 1.14. The first-order valence-corrected chi connectivity index (χ1v) is 6.11. The zero-order valence-corrected chi connectivity index (χ0v) is 9.88. The maximum absolute atomic E-state index is 5.56. The van der Waals surface area contributed by atoms with Gasteiger partial charge in [0.2, 0.25) is 5.95 Å². The zero-order chi connectivity index (χ0) is 11.1. The molecule has 0 radical (unpaired) electrons. The number of anilines is 1. The summed E-state index contributed by atoms with van der Waals surface area (Å²) in [6.45, 7) is 3.46. The Hall–Kier alpha value is -0.880. The lowest BCUT2D eigenvalue weighted by Gasteiger charge is -2.03. The molecule has 2 N–H and O–H groups in total. The summed E-state index contributed by atoms with van der Waals surface area (Å²) >= 11 is 1.47. The van der Waals surface area contributed by atoms with Gasteiger partial charge in [0.1, 0.15) is 5.82 Å². The Morgan fingerprint density at radius 2 is 2.13 bits per heavy atom. The maximum Gasteiger partial charge on any atom is 0.224 e. The highest BCUT2D eigenvalue weighted by Gasteiger charge is 2.03. The third-order valence-corrected chi connectivity index (χ3v) is 2.30. The van der Waals surface area contributed by atoms with Crippen molar-refractivity contribution in [3.63, 3.8) is 0 Å². The van der Waals surface area contributed by atoms with Crippen LogP contribution in [0.25, 0.3) is 0 Å². The van der Waals surface area contributed by atoms with Crippen molar-refractivity contribution in [3.8, 4) is 0 Å². The lowest BCUT2D eigenvalue weighted by Crippen LogP contribution is -2.05. The van der Waals surface area contributed by atoms with Crippen LogP contribution in [0.15, 0.2) is 5.16 Å². The van der Waals surface area contributed by atoms with Crippen LogP contribution in [0.4, 0.5) is 5.95 Å². The number of nitrogen functional groups attached to an aromatic ring is 1. The predicted molar refractivity (Wildman–Crippen MR) is 60.8 cm³/mol. The second-order valence-corrected chi connectivity index (χ2v) is 3.67. The number of nitrogens with zero attached hydrogens (tertiary/aromatic N) is 3. The van der Waals surface area contributed by atoms with E-state index in [9.17, 15) is 0 Å². The van der Waals surface area contributed by atoms with E-state index in [4.69, 9.17) is 10.5 Å². The fourth-order valence-corrected chi connectivity index (χ4v) is 1.48. The minimum atomic E-state index is 0.292. The van der Waals surface area contributed by atoms with Gasteiger partial charge in [0, 0.05) is 19.6 Å². The smallest absolute Gasteiger partial charge is 0.224 e. The van der Waals surface area contributed by atoms with E-state index in [0.29, 0.717) is 11.1 Å². The van der Waals surface area contributed by atoms with Crippen molar-refractivity contribution in [2.45, 2.75) is 24.9 Å². The first kappa shape index (κ1) is 12.2. The van der Waals surface area contributed by atoms with Gasteiger partial charge < -0.3 is 10.5 Å². The monoisotopic (exact) mass is 228 g/mol. The molecule has 0 aliphatic heterocycles. The van der Waals surface area contributed by atoms with E-state index in [-0.39, 0.29) is 0 Å². The van der Waals surface area contributed by atoms with Crippen molar-refractivity contribution in [2.24, 2.45) is 0 Å². The highest BCUT2D eigenvalue weighted by molar-refractivity contribution is 7.98. The molecular weight excluding hydrogens is 212 g/mol. The van der Waals surface area contributed by atoms with E-state index in [1.165, 1.54) is 11.8 Å². The topological polar surface area (TPSA) is 73.9 Å². The average molecular weight is 228 g/mol. The van der Waals surface area contributed by atoms with E-state index in [1.54, 1.807) is 0 Å². The van der Waals surface area contributed by atoms with Crippen molar-refractivity contribution in [1.29, 1.82) is 0 Å². The molecule has 0 saturated heterocycles. The average Bonchev–Trinajstić information content (AvgIpc) is 2.23. The standard InChI is InChI=1S/C9H16N4OS/c1-3-14-6-4-5-7-11-8(10)13-9(12-7)15-2/h3-6H2,1-2H3,(H2,10,11,12,13). The summed E-state index contributed by atoms with van der Waals surface area (Å²) in [5, 5.41) is 0.675. The Labute approximate surface area is 93.9 Å². The van der Waals surface area contributed by atoms with Crippen LogP contribution >= 0.6 is 11.8 Å². The molecule has 0 fully saturated rings. The van der Waals surface area contributed by atoms with Crippen LogP contribution in [0.1, 0.15) is 19.2 Å². The molecule has 84 valence electrons. The number of nitrogens with two attached hydrogens (primary N) is 1. The van der Waals surface area contributed by atoms with Gasteiger partial charge in [-0.3, -0.25) is 0 Å². The normalized spacial score (nSPS) is 10.5. The summed E-state index contributed by atoms with van der Waals surface area (Å²) in [4.78, 5) is 12.3. The van der Waals surface area contributed by atoms with Crippen LogP contribution in [0, 0.1) is 0 Å². The molecule has 1 aromatic rings. The molecule has 1 heterocycles. The Kier molecular flexibility index (Phi) is 5.34. The molecular formula is C9H16N4OS. The fourth-order valence-electron chi connectivity index (χ4n) is 1.10. The lowest BCUT2D eigenvalue weighted by atomic mass is 10.3. The van der Waals surface area contributed by atoms with Crippen molar-refractivity contribution in [3.05, 3.63) is 5.82 Å². The molecule has 0 saturated carbocycles. The number of rotatable bonds is 6.